The van der Waals surface area contributed by atoms with Gasteiger partial charge in [0, 0.05) is 0 Å². The average Bonchev–Trinajstić information content (AvgIpc) is 3.35. The average molecular weight is 423 g/mol. The van der Waals surface area contributed by atoms with E-state index >= 15 is 0 Å². The number of fused-ring (bicyclic) bond motifs is 1. The Balaban J connectivity index is 1.40. The van der Waals surface area contributed by atoms with Crippen molar-refractivity contribution >= 4 is 16.3 Å². The van der Waals surface area contributed by atoms with Crippen LogP contribution < -0.4 is 0 Å². The molecule has 5 nitrogen and oxygen atoms in total. The van der Waals surface area contributed by atoms with Gasteiger partial charge < -0.3 is 5.11 Å². The molecule has 1 fully saturated rings. The van der Waals surface area contributed by atoms with Gasteiger partial charge in [-0.1, -0.05) is 53.8 Å². The maximum absolute atomic E-state index is 13.6. The van der Waals surface area contributed by atoms with Crippen LogP contribution >= 0.6 is 11.3 Å². The first-order valence-electron chi connectivity index (χ1n) is 10.2. The van der Waals surface area contributed by atoms with Crippen LogP contribution in [0.3, 0.4) is 0 Å². The van der Waals surface area contributed by atoms with Crippen molar-refractivity contribution in [1.82, 2.24) is 19.5 Å². The van der Waals surface area contributed by atoms with Gasteiger partial charge in [0.2, 0.25) is 10.8 Å². The molecule has 1 aliphatic rings. The predicted molar refractivity (Wildman–Crippen MR) is 115 cm³/mol. The predicted octanol–water partition coefficient (Wildman–Crippen LogP) is 4.68. The van der Waals surface area contributed by atoms with Crippen LogP contribution in [0.15, 0.2) is 60.9 Å². The van der Waals surface area contributed by atoms with E-state index < -0.39 is 0 Å². The monoisotopic (exact) mass is 422 g/mol. The first kappa shape index (κ1) is 19.2. The molecule has 0 aliphatic carbocycles. The van der Waals surface area contributed by atoms with Gasteiger partial charge in [0.1, 0.15) is 12.1 Å². The summed E-state index contributed by atoms with van der Waals surface area (Å²) in [6, 6.07) is 17.1. The minimum atomic E-state index is -0.258. The Bertz CT molecular complexity index is 1120. The van der Waals surface area contributed by atoms with E-state index in [-0.39, 0.29) is 17.7 Å². The molecule has 0 bridgehead atoms. The van der Waals surface area contributed by atoms with Crippen LogP contribution in [-0.4, -0.2) is 37.7 Å². The number of piperidine rings is 1. The van der Waals surface area contributed by atoms with Gasteiger partial charge in [0.05, 0.1) is 10.9 Å². The number of benzene rings is 2. The molecule has 2 aromatic heterocycles. The number of hydrogen-bond acceptors (Lipinski definition) is 5. The summed E-state index contributed by atoms with van der Waals surface area (Å²) in [6.07, 6.45) is 4.72. The van der Waals surface area contributed by atoms with Crippen molar-refractivity contribution in [2.24, 2.45) is 5.92 Å². The van der Waals surface area contributed by atoms with Crippen molar-refractivity contribution in [3.63, 3.8) is 0 Å². The molecule has 3 heterocycles. The Morgan fingerprint density at radius 3 is 2.50 bits per heavy atom. The molecule has 154 valence electrons. The molecule has 0 saturated carbocycles. The molecule has 1 atom stereocenters. The molecule has 30 heavy (non-hydrogen) atoms. The van der Waals surface area contributed by atoms with Crippen LogP contribution in [0.25, 0.3) is 4.96 Å². The lowest BCUT2D eigenvalue weighted by atomic mass is 9.89. The number of rotatable bonds is 5. The maximum Gasteiger partial charge on any atom is 0.230 e. The van der Waals surface area contributed by atoms with Gasteiger partial charge in [-0.2, -0.15) is 9.61 Å². The van der Waals surface area contributed by atoms with E-state index in [1.165, 1.54) is 39.9 Å². The molecule has 0 unspecified atom stereocenters. The van der Waals surface area contributed by atoms with E-state index in [2.05, 4.69) is 45.3 Å². The third kappa shape index (κ3) is 3.70. The normalized spacial score (nSPS) is 16.8. The van der Waals surface area contributed by atoms with Gasteiger partial charge in [0.15, 0.2) is 0 Å². The van der Waals surface area contributed by atoms with E-state index in [4.69, 9.17) is 0 Å². The second-order valence-corrected chi connectivity index (χ2v) is 8.88. The van der Waals surface area contributed by atoms with Crippen molar-refractivity contribution in [2.45, 2.75) is 25.3 Å². The summed E-state index contributed by atoms with van der Waals surface area (Å²) in [5.41, 5.74) is 2.35. The number of halogens is 1. The van der Waals surface area contributed by atoms with Gasteiger partial charge in [-0.3, -0.25) is 4.90 Å². The smallest absolute Gasteiger partial charge is 0.230 e. The molecule has 1 saturated heterocycles. The number of aromatic nitrogens is 3. The highest BCUT2D eigenvalue weighted by atomic mass is 32.1. The Labute approximate surface area is 178 Å². The van der Waals surface area contributed by atoms with Crippen molar-refractivity contribution in [3.05, 3.63) is 82.7 Å². The lowest BCUT2D eigenvalue weighted by Gasteiger charge is -2.37. The molecule has 4 aromatic rings. The minimum absolute atomic E-state index is 0.119. The first-order chi connectivity index (χ1) is 14.7. The minimum Gasteiger partial charge on any atom is -0.492 e. The van der Waals surface area contributed by atoms with Gasteiger partial charge in [-0.05, 0) is 61.5 Å². The highest BCUT2D eigenvalue weighted by Crippen LogP contribution is 2.41. The van der Waals surface area contributed by atoms with Crippen LogP contribution in [0, 0.1) is 11.7 Å². The summed E-state index contributed by atoms with van der Waals surface area (Å²) < 4.78 is 15.0. The highest BCUT2D eigenvalue weighted by molar-refractivity contribution is 7.17. The summed E-state index contributed by atoms with van der Waals surface area (Å²) in [5, 5.41) is 14.9. The van der Waals surface area contributed by atoms with Crippen molar-refractivity contribution in [3.8, 4) is 5.88 Å². The Morgan fingerprint density at radius 2 is 1.80 bits per heavy atom. The third-order valence-corrected chi connectivity index (χ3v) is 7.04. The number of hydrogen-bond donors (Lipinski definition) is 1. The number of aromatic hydroxyl groups is 1. The van der Waals surface area contributed by atoms with E-state index in [1.807, 2.05) is 12.1 Å². The fraction of sp³-hybridized carbons (Fsp3) is 0.304. The molecule has 1 N–H and O–H groups in total. The maximum atomic E-state index is 13.6. The summed E-state index contributed by atoms with van der Waals surface area (Å²) in [4.78, 5) is 8.08. The Hall–Kier alpha value is -2.77. The fourth-order valence-corrected chi connectivity index (χ4v) is 5.50. The quantitative estimate of drug-likeness (QED) is 0.507. The standard InChI is InChI=1S/C23H23FN4OS/c24-19-8-6-18(7-9-19)20(21-22(29)28-23(30-21)25-15-26-28)27-12-10-17(11-13-27)14-16-4-2-1-3-5-16/h1-9,15,17,20,29H,10-14H2/t20-/m0/s1. The van der Waals surface area contributed by atoms with Crippen LogP contribution in [0.1, 0.15) is 34.9 Å². The molecule has 2 aromatic carbocycles. The van der Waals surface area contributed by atoms with Gasteiger partial charge in [0.25, 0.3) is 0 Å². The second kappa shape index (κ2) is 8.16. The summed E-state index contributed by atoms with van der Waals surface area (Å²) in [5.74, 6) is 0.507. The number of likely N-dealkylation sites (tertiary alicyclic amines) is 1. The SMILES string of the molecule is Oc1c([C@H](c2ccc(F)cc2)N2CCC(Cc3ccccc3)CC2)sc2ncnn12. The molecule has 1 aliphatic heterocycles. The number of thiazole rings is 1. The highest BCUT2D eigenvalue weighted by Gasteiger charge is 2.32. The van der Waals surface area contributed by atoms with E-state index in [1.54, 1.807) is 0 Å². The molecular weight excluding hydrogens is 399 g/mol. The van der Waals surface area contributed by atoms with Gasteiger partial charge in [-0.25, -0.2) is 9.37 Å². The van der Waals surface area contributed by atoms with Crippen molar-refractivity contribution in [1.29, 1.82) is 0 Å². The fourth-order valence-electron chi connectivity index (χ4n) is 4.41. The summed E-state index contributed by atoms with van der Waals surface area (Å²) >= 11 is 1.44. The molecule has 7 heteroatoms. The van der Waals surface area contributed by atoms with Crippen molar-refractivity contribution < 1.29 is 9.50 Å². The lowest BCUT2D eigenvalue weighted by Crippen LogP contribution is -2.37. The number of nitrogens with zero attached hydrogens (tertiary/aromatic N) is 4. The second-order valence-electron chi connectivity index (χ2n) is 7.87. The molecule has 0 radical (unpaired) electrons. The van der Waals surface area contributed by atoms with E-state index in [0.717, 1.165) is 42.8 Å². The van der Waals surface area contributed by atoms with Crippen LogP contribution in [0.5, 0.6) is 5.88 Å². The van der Waals surface area contributed by atoms with Gasteiger partial charge in [-0.15, -0.1) is 0 Å². The summed E-state index contributed by atoms with van der Waals surface area (Å²) in [7, 11) is 0. The molecule has 5 rings (SSSR count). The van der Waals surface area contributed by atoms with Crippen LogP contribution in [0.4, 0.5) is 4.39 Å². The van der Waals surface area contributed by atoms with Gasteiger partial charge >= 0.3 is 0 Å². The molecule has 0 amide bonds. The van der Waals surface area contributed by atoms with E-state index in [9.17, 15) is 9.50 Å². The molecular formula is C23H23FN4OS. The lowest BCUT2D eigenvalue weighted by molar-refractivity contribution is 0.150. The topological polar surface area (TPSA) is 53.7 Å². The van der Waals surface area contributed by atoms with Crippen molar-refractivity contribution in [2.75, 3.05) is 13.1 Å². The zero-order valence-corrected chi connectivity index (χ0v) is 17.3. The molecule has 0 spiro atoms. The Morgan fingerprint density at radius 1 is 1.07 bits per heavy atom. The van der Waals surface area contributed by atoms with Crippen LogP contribution in [0.2, 0.25) is 0 Å². The largest absolute Gasteiger partial charge is 0.492 e. The third-order valence-electron chi connectivity index (χ3n) is 5.95. The zero-order chi connectivity index (χ0) is 20.5. The zero-order valence-electron chi connectivity index (χ0n) is 16.5. The van der Waals surface area contributed by atoms with E-state index in [0.29, 0.717) is 10.9 Å². The van der Waals surface area contributed by atoms with Crippen LogP contribution in [-0.2, 0) is 6.42 Å². The Kier molecular flexibility index (Phi) is 5.23. The summed E-state index contributed by atoms with van der Waals surface area (Å²) in [6.45, 7) is 1.85. The first-order valence-corrected chi connectivity index (χ1v) is 11.1.